The number of rotatable bonds is 11. The number of para-hydroxylation sites is 2. The molecule has 0 aliphatic heterocycles. The van der Waals surface area contributed by atoms with Gasteiger partial charge in [0.2, 0.25) is 5.91 Å². The van der Waals surface area contributed by atoms with E-state index < -0.39 is 0 Å². The molecule has 33 heavy (non-hydrogen) atoms. The quantitative estimate of drug-likeness (QED) is 0.426. The minimum atomic E-state index is -0.242. The fourth-order valence-corrected chi connectivity index (χ4v) is 3.56. The van der Waals surface area contributed by atoms with Crippen LogP contribution >= 0.6 is 0 Å². The Bertz CT molecular complexity index is 1040. The number of anilines is 2. The van der Waals surface area contributed by atoms with Crippen molar-refractivity contribution in [1.82, 2.24) is 4.90 Å². The summed E-state index contributed by atoms with van der Waals surface area (Å²) in [7, 11) is 1.56. The average molecular weight is 446 g/mol. The molecule has 0 spiro atoms. The Balaban J connectivity index is 1.51. The molecule has 0 unspecified atom stereocenters. The zero-order valence-electron chi connectivity index (χ0n) is 19.2. The van der Waals surface area contributed by atoms with Crippen LogP contribution in [0.15, 0.2) is 78.9 Å². The van der Waals surface area contributed by atoms with E-state index in [2.05, 4.69) is 34.6 Å². The Kier molecular flexibility index (Phi) is 9.03. The third-order valence-electron chi connectivity index (χ3n) is 5.23. The maximum Gasteiger partial charge on any atom is 0.255 e. The fraction of sp³-hybridized carbons (Fsp3) is 0.259. The predicted octanol–water partition coefficient (Wildman–Crippen LogP) is 5.19. The maximum atomic E-state index is 12.5. The molecule has 2 N–H and O–H groups in total. The summed E-state index contributed by atoms with van der Waals surface area (Å²) in [5.74, 6) is 0.308. The number of amides is 2. The van der Waals surface area contributed by atoms with Crippen molar-refractivity contribution in [2.45, 2.75) is 26.3 Å². The van der Waals surface area contributed by atoms with Gasteiger partial charge in [-0.25, -0.2) is 0 Å². The monoisotopic (exact) mass is 445 g/mol. The maximum absolute atomic E-state index is 12.5. The van der Waals surface area contributed by atoms with Crippen LogP contribution in [-0.4, -0.2) is 36.9 Å². The number of ether oxygens (including phenoxy) is 1. The lowest BCUT2D eigenvalue weighted by Crippen LogP contribution is -2.28. The fourth-order valence-electron chi connectivity index (χ4n) is 3.56. The highest BCUT2D eigenvalue weighted by Crippen LogP contribution is 2.24. The van der Waals surface area contributed by atoms with Crippen molar-refractivity contribution in [1.29, 1.82) is 0 Å². The number of methoxy groups -OCH3 is 1. The standard InChI is InChI=1S/C27H31N3O3/c1-3-18-30(20-21-9-5-4-6-10-21)19-17-26(31)28-23-15-13-22(14-16-23)27(32)29-24-11-7-8-12-25(24)33-2/h4-16H,3,17-20H2,1-2H3,(H,28,31)(H,29,32). The van der Waals surface area contributed by atoms with Crippen LogP contribution in [0.2, 0.25) is 0 Å². The molecule has 0 fully saturated rings. The summed E-state index contributed by atoms with van der Waals surface area (Å²) in [4.78, 5) is 27.3. The lowest BCUT2D eigenvalue weighted by Gasteiger charge is -2.21. The molecule has 3 aromatic rings. The molecular weight excluding hydrogens is 414 g/mol. The second-order valence-corrected chi connectivity index (χ2v) is 7.79. The highest BCUT2D eigenvalue weighted by molar-refractivity contribution is 6.05. The van der Waals surface area contributed by atoms with Crippen LogP contribution in [0, 0.1) is 0 Å². The molecule has 2 amide bonds. The van der Waals surface area contributed by atoms with Crippen molar-refractivity contribution in [3.63, 3.8) is 0 Å². The van der Waals surface area contributed by atoms with E-state index in [0.717, 1.165) is 19.5 Å². The van der Waals surface area contributed by atoms with Crippen LogP contribution in [0.25, 0.3) is 0 Å². The van der Waals surface area contributed by atoms with Gasteiger partial charge in [-0.1, -0.05) is 49.4 Å². The average Bonchev–Trinajstić information content (AvgIpc) is 2.84. The van der Waals surface area contributed by atoms with Crippen molar-refractivity contribution >= 4 is 23.2 Å². The first kappa shape index (κ1) is 24.0. The number of nitrogens with zero attached hydrogens (tertiary/aromatic N) is 1. The van der Waals surface area contributed by atoms with E-state index in [-0.39, 0.29) is 11.8 Å². The van der Waals surface area contributed by atoms with E-state index in [1.54, 1.807) is 43.5 Å². The Morgan fingerprint density at radius 2 is 1.55 bits per heavy atom. The van der Waals surface area contributed by atoms with Gasteiger partial charge in [-0.2, -0.15) is 0 Å². The minimum Gasteiger partial charge on any atom is -0.495 e. The van der Waals surface area contributed by atoms with Gasteiger partial charge in [-0.05, 0) is 54.9 Å². The van der Waals surface area contributed by atoms with Crippen LogP contribution in [0.5, 0.6) is 5.75 Å². The van der Waals surface area contributed by atoms with Gasteiger partial charge < -0.3 is 15.4 Å². The summed E-state index contributed by atoms with van der Waals surface area (Å²) in [5, 5.41) is 5.77. The molecule has 0 aliphatic carbocycles. The van der Waals surface area contributed by atoms with Gasteiger partial charge in [-0.15, -0.1) is 0 Å². The number of carbonyl (C=O) groups is 2. The molecule has 3 aromatic carbocycles. The highest BCUT2D eigenvalue weighted by atomic mass is 16.5. The molecule has 3 rings (SSSR count). The van der Waals surface area contributed by atoms with Gasteiger partial charge in [0, 0.05) is 30.8 Å². The third-order valence-corrected chi connectivity index (χ3v) is 5.23. The van der Waals surface area contributed by atoms with Crippen molar-refractivity contribution in [3.05, 3.63) is 90.0 Å². The number of carbonyl (C=O) groups excluding carboxylic acids is 2. The normalized spacial score (nSPS) is 10.6. The van der Waals surface area contributed by atoms with Gasteiger partial charge in [0.15, 0.2) is 0 Å². The summed E-state index contributed by atoms with van der Waals surface area (Å²) in [5.41, 5.74) is 3.01. The summed E-state index contributed by atoms with van der Waals surface area (Å²) in [6.07, 6.45) is 1.44. The lowest BCUT2D eigenvalue weighted by atomic mass is 10.1. The van der Waals surface area contributed by atoms with E-state index in [4.69, 9.17) is 4.74 Å². The van der Waals surface area contributed by atoms with E-state index in [1.807, 2.05) is 30.3 Å². The predicted molar refractivity (Wildman–Crippen MR) is 133 cm³/mol. The van der Waals surface area contributed by atoms with Gasteiger partial charge in [0.05, 0.1) is 12.8 Å². The summed E-state index contributed by atoms with van der Waals surface area (Å²) in [6, 6.07) is 24.4. The largest absolute Gasteiger partial charge is 0.495 e. The zero-order valence-corrected chi connectivity index (χ0v) is 19.2. The van der Waals surface area contributed by atoms with Crippen LogP contribution in [0.1, 0.15) is 35.7 Å². The molecular formula is C27H31N3O3. The van der Waals surface area contributed by atoms with Crippen LogP contribution in [-0.2, 0) is 11.3 Å². The molecule has 0 saturated heterocycles. The Morgan fingerprint density at radius 3 is 2.24 bits per heavy atom. The van der Waals surface area contributed by atoms with Crippen LogP contribution in [0.3, 0.4) is 0 Å². The molecule has 0 saturated carbocycles. The topological polar surface area (TPSA) is 70.7 Å². The van der Waals surface area contributed by atoms with Crippen molar-refractivity contribution in [2.75, 3.05) is 30.8 Å². The van der Waals surface area contributed by atoms with Gasteiger partial charge in [0.25, 0.3) is 5.91 Å². The van der Waals surface area contributed by atoms with Gasteiger partial charge >= 0.3 is 0 Å². The van der Waals surface area contributed by atoms with E-state index in [1.165, 1.54) is 5.56 Å². The lowest BCUT2D eigenvalue weighted by molar-refractivity contribution is -0.116. The molecule has 0 aliphatic rings. The first-order valence-corrected chi connectivity index (χ1v) is 11.2. The zero-order chi connectivity index (χ0) is 23.5. The molecule has 172 valence electrons. The summed E-state index contributed by atoms with van der Waals surface area (Å²) >= 11 is 0. The van der Waals surface area contributed by atoms with Gasteiger partial charge in [0.1, 0.15) is 5.75 Å². The third kappa shape index (κ3) is 7.47. The minimum absolute atomic E-state index is 0.0459. The van der Waals surface area contributed by atoms with E-state index in [9.17, 15) is 9.59 Å². The number of hydrogen-bond acceptors (Lipinski definition) is 4. The molecule has 6 heteroatoms. The SMILES string of the molecule is CCCN(CCC(=O)Nc1ccc(C(=O)Nc2ccccc2OC)cc1)Cc1ccccc1. The van der Waals surface area contributed by atoms with Crippen LogP contribution < -0.4 is 15.4 Å². The molecule has 0 bridgehead atoms. The Labute approximate surface area is 195 Å². The molecule has 0 heterocycles. The smallest absolute Gasteiger partial charge is 0.255 e. The van der Waals surface area contributed by atoms with Crippen LogP contribution in [0.4, 0.5) is 11.4 Å². The summed E-state index contributed by atoms with van der Waals surface area (Å²) < 4.78 is 5.27. The van der Waals surface area contributed by atoms with E-state index >= 15 is 0 Å². The van der Waals surface area contributed by atoms with Crippen molar-refractivity contribution in [3.8, 4) is 5.75 Å². The highest BCUT2D eigenvalue weighted by Gasteiger charge is 2.11. The molecule has 6 nitrogen and oxygen atoms in total. The van der Waals surface area contributed by atoms with Gasteiger partial charge in [-0.3, -0.25) is 14.5 Å². The molecule has 0 radical (unpaired) electrons. The van der Waals surface area contributed by atoms with E-state index in [0.29, 0.717) is 35.7 Å². The first-order valence-electron chi connectivity index (χ1n) is 11.2. The molecule has 0 atom stereocenters. The summed E-state index contributed by atoms with van der Waals surface area (Å²) in [6.45, 7) is 4.60. The Morgan fingerprint density at radius 1 is 0.848 bits per heavy atom. The first-order chi connectivity index (χ1) is 16.1. The molecule has 0 aromatic heterocycles. The second kappa shape index (κ2) is 12.4. The number of benzene rings is 3. The number of nitrogens with one attached hydrogen (secondary N) is 2. The Hall–Kier alpha value is -3.64. The second-order valence-electron chi connectivity index (χ2n) is 7.79. The van der Waals surface area contributed by atoms with Crippen molar-refractivity contribution in [2.24, 2.45) is 0 Å². The van der Waals surface area contributed by atoms with Crippen molar-refractivity contribution < 1.29 is 14.3 Å². The number of hydrogen-bond donors (Lipinski definition) is 2.